The van der Waals surface area contributed by atoms with Crippen molar-refractivity contribution in [1.82, 2.24) is 10.9 Å². The number of carbonyl (C=O) groups excluding carboxylic acids is 2. The van der Waals surface area contributed by atoms with Crippen molar-refractivity contribution in [2.75, 3.05) is 6.61 Å². The quantitative estimate of drug-likeness (QED) is 0.675. The van der Waals surface area contributed by atoms with Crippen LogP contribution in [0.5, 0.6) is 11.5 Å². The number of nitrogens with one attached hydrogen (secondary N) is 2. The number of rotatable bonds is 7. The number of carbonyl (C=O) groups is 2. The molecular formula is C19H20Cl2N2O4. The molecule has 1 atom stereocenters. The van der Waals surface area contributed by atoms with E-state index in [2.05, 4.69) is 10.9 Å². The van der Waals surface area contributed by atoms with E-state index in [1.54, 1.807) is 36.4 Å². The van der Waals surface area contributed by atoms with E-state index in [1.165, 1.54) is 13.0 Å². The van der Waals surface area contributed by atoms with E-state index >= 15 is 0 Å². The van der Waals surface area contributed by atoms with Crippen LogP contribution in [-0.4, -0.2) is 24.5 Å². The van der Waals surface area contributed by atoms with Crippen LogP contribution in [0.25, 0.3) is 0 Å². The molecule has 0 aliphatic carbocycles. The summed E-state index contributed by atoms with van der Waals surface area (Å²) in [7, 11) is 0. The highest BCUT2D eigenvalue weighted by Gasteiger charge is 2.18. The maximum Gasteiger partial charge on any atom is 0.279 e. The molecule has 2 aromatic carbocycles. The molecule has 0 radical (unpaired) electrons. The highest BCUT2D eigenvalue weighted by Crippen LogP contribution is 2.28. The fourth-order valence-electron chi connectivity index (χ4n) is 2.09. The lowest BCUT2D eigenvalue weighted by molar-refractivity contribution is -0.128. The zero-order chi connectivity index (χ0) is 19.8. The first-order chi connectivity index (χ1) is 12.9. The molecule has 2 amide bonds. The molecule has 2 aromatic rings. The first kappa shape index (κ1) is 20.9. The van der Waals surface area contributed by atoms with Gasteiger partial charge in [-0.3, -0.25) is 20.4 Å². The van der Waals surface area contributed by atoms with Gasteiger partial charge in [-0.15, -0.1) is 0 Å². The topological polar surface area (TPSA) is 76.7 Å². The molecule has 0 saturated heterocycles. The lowest BCUT2D eigenvalue weighted by Gasteiger charge is -2.16. The van der Waals surface area contributed by atoms with E-state index in [4.69, 9.17) is 32.7 Å². The van der Waals surface area contributed by atoms with E-state index in [9.17, 15) is 9.59 Å². The first-order valence-electron chi connectivity index (χ1n) is 8.36. The van der Waals surface area contributed by atoms with Crippen molar-refractivity contribution in [2.45, 2.75) is 26.4 Å². The molecule has 6 nitrogen and oxygen atoms in total. The molecule has 1 unspecified atom stereocenters. The number of hydrogen-bond donors (Lipinski definition) is 2. The largest absolute Gasteiger partial charge is 0.493 e. The molecule has 0 heterocycles. The minimum atomic E-state index is -0.893. The van der Waals surface area contributed by atoms with Crippen LogP contribution in [0.1, 0.15) is 30.6 Å². The summed E-state index contributed by atoms with van der Waals surface area (Å²) in [6.45, 7) is 3.99. The van der Waals surface area contributed by atoms with Gasteiger partial charge in [0, 0.05) is 5.02 Å². The Kier molecular flexibility index (Phi) is 7.76. The monoisotopic (exact) mass is 410 g/mol. The van der Waals surface area contributed by atoms with E-state index < -0.39 is 17.9 Å². The predicted molar refractivity (Wildman–Crippen MR) is 104 cm³/mol. The molecule has 2 N–H and O–H groups in total. The van der Waals surface area contributed by atoms with Gasteiger partial charge < -0.3 is 9.47 Å². The second-order valence-corrected chi connectivity index (χ2v) is 6.47. The van der Waals surface area contributed by atoms with Gasteiger partial charge in [0.15, 0.2) is 6.10 Å². The van der Waals surface area contributed by atoms with E-state index in [0.717, 1.165) is 6.42 Å². The van der Waals surface area contributed by atoms with Gasteiger partial charge in [0.25, 0.3) is 11.8 Å². The molecule has 0 saturated carbocycles. The average Bonchev–Trinajstić information content (AvgIpc) is 2.66. The van der Waals surface area contributed by atoms with Crippen molar-refractivity contribution < 1.29 is 19.1 Å². The molecule has 144 valence electrons. The Balaban J connectivity index is 1.93. The van der Waals surface area contributed by atoms with Crippen molar-refractivity contribution in [1.29, 1.82) is 0 Å². The summed E-state index contributed by atoms with van der Waals surface area (Å²) in [6, 6.07) is 11.5. The van der Waals surface area contributed by atoms with Gasteiger partial charge in [-0.25, -0.2) is 0 Å². The summed E-state index contributed by atoms with van der Waals surface area (Å²) in [5.41, 5.74) is 5.00. The van der Waals surface area contributed by atoms with Crippen LogP contribution in [0.15, 0.2) is 42.5 Å². The van der Waals surface area contributed by atoms with Crippen LogP contribution < -0.4 is 20.3 Å². The Morgan fingerprint density at radius 3 is 2.52 bits per heavy atom. The van der Waals surface area contributed by atoms with Crippen molar-refractivity contribution in [3.05, 3.63) is 58.1 Å². The lowest BCUT2D eigenvalue weighted by atomic mass is 10.2. The molecule has 0 spiro atoms. The zero-order valence-electron chi connectivity index (χ0n) is 14.9. The maximum absolute atomic E-state index is 12.3. The molecule has 27 heavy (non-hydrogen) atoms. The highest BCUT2D eigenvalue weighted by atomic mass is 35.5. The third-order valence-electron chi connectivity index (χ3n) is 3.46. The second kappa shape index (κ2) is 10.0. The zero-order valence-corrected chi connectivity index (χ0v) is 16.4. The van der Waals surface area contributed by atoms with Crippen LogP contribution in [0.3, 0.4) is 0 Å². The van der Waals surface area contributed by atoms with Crippen LogP contribution >= 0.6 is 23.2 Å². The first-order valence-corrected chi connectivity index (χ1v) is 9.11. The molecule has 0 aliphatic rings. The van der Waals surface area contributed by atoms with Gasteiger partial charge in [-0.05, 0) is 43.7 Å². The summed E-state index contributed by atoms with van der Waals surface area (Å²) in [4.78, 5) is 24.5. The van der Waals surface area contributed by atoms with Gasteiger partial charge in [-0.1, -0.05) is 42.3 Å². The highest BCUT2D eigenvalue weighted by molar-refractivity contribution is 6.35. The number of para-hydroxylation sites is 1. The SMILES string of the molecule is CCCOc1ccccc1C(=O)NNC(=O)C(C)Oc1ccc(Cl)cc1Cl. The third kappa shape index (κ3) is 6.05. The van der Waals surface area contributed by atoms with E-state index in [1.807, 2.05) is 6.92 Å². The molecule has 0 fully saturated rings. The van der Waals surface area contributed by atoms with Crippen LogP contribution in [0, 0.1) is 0 Å². The number of ether oxygens (including phenoxy) is 2. The maximum atomic E-state index is 12.3. The minimum absolute atomic E-state index is 0.285. The molecule has 0 bridgehead atoms. The number of halogens is 2. The Labute approximate surface area is 167 Å². The fraction of sp³-hybridized carbons (Fsp3) is 0.263. The predicted octanol–water partition coefficient (Wildman–Crippen LogP) is 4.01. The number of hydrogen-bond acceptors (Lipinski definition) is 4. The Hall–Kier alpha value is -2.44. The second-order valence-electron chi connectivity index (χ2n) is 5.62. The Bertz CT molecular complexity index is 814. The van der Waals surface area contributed by atoms with Gasteiger partial charge in [-0.2, -0.15) is 0 Å². The van der Waals surface area contributed by atoms with Crippen LogP contribution in [0.4, 0.5) is 0 Å². The molecule has 2 rings (SSSR count). The summed E-state index contributed by atoms with van der Waals surface area (Å²) >= 11 is 11.8. The Morgan fingerprint density at radius 1 is 1.07 bits per heavy atom. The summed E-state index contributed by atoms with van der Waals surface area (Å²) < 4.78 is 11.0. The van der Waals surface area contributed by atoms with Crippen molar-refractivity contribution in [3.8, 4) is 11.5 Å². The third-order valence-corrected chi connectivity index (χ3v) is 3.99. The van der Waals surface area contributed by atoms with Gasteiger partial charge in [0.2, 0.25) is 0 Å². The van der Waals surface area contributed by atoms with Crippen LogP contribution in [0.2, 0.25) is 10.0 Å². The standard InChI is InChI=1S/C19H20Cl2N2O4/c1-3-10-26-16-7-5-4-6-14(16)19(25)23-22-18(24)12(2)27-17-9-8-13(20)11-15(17)21/h4-9,11-12H,3,10H2,1-2H3,(H,22,24)(H,23,25). The van der Waals surface area contributed by atoms with Gasteiger partial charge in [0.05, 0.1) is 17.2 Å². The fourth-order valence-corrected chi connectivity index (χ4v) is 2.55. The molecule has 0 aliphatic heterocycles. The number of hydrazine groups is 1. The van der Waals surface area contributed by atoms with Crippen molar-refractivity contribution in [2.24, 2.45) is 0 Å². The minimum Gasteiger partial charge on any atom is -0.493 e. The molecule has 0 aromatic heterocycles. The van der Waals surface area contributed by atoms with Crippen molar-refractivity contribution in [3.63, 3.8) is 0 Å². The lowest BCUT2D eigenvalue weighted by Crippen LogP contribution is -2.47. The molecule has 8 heteroatoms. The smallest absolute Gasteiger partial charge is 0.279 e. The number of amides is 2. The molecular weight excluding hydrogens is 391 g/mol. The van der Waals surface area contributed by atoms with E-state index in [-0.39, 0.29) is 5.02 Å². The summed E-state index contributed by atoms with van der Waals surface area (Å²) in [5.74, 6) is -0.273. The van der Waals surface area contributed by atoms with Gasteiger partial charge in [0.1, 0.15) is 11.5 Å². The average molecular weight is 411 g/mol. The summed E-state index contributed by atoms with van der Waals surface area (Å²) in [6.07, 6.45) is -0.0787. The van der Waals surface area contributed by atoms with E-state index in [0.29, 0.717) is 28.7 Å². The van der Waals surface area contributed by atoms with Crippen molar-refractivity contribution >= 4 is 35.0 Å². The van der Waals surface area contributed by atoms with Gasteiger partial charge >= 0.3 is 0 Å². The normalized spacial score (nSPS) is 11.4. The number of benzene rings is 2. The Morgan fingerprint density at radius 2 is 1.81 bits per heavy atom. The summed E-state index contributed by atoms with van der Waals surface area (Å²) in [5, 5.41) is 0.744. The van der Waals surface area contributed by atoms with Crippen LogP contribution in [-0.2, 0) is 4.79 Å².